The van der Waals surface area contributed by atoms with Crippen LogP contribution in [0.5, 0.6) is 5.75 Å². The van der Waals surface area contributed by atoms with Gasteiger partial charge in [-0.15, -0.1) is 21.5 Å². The van der Waals surface area contributed by atoms with E-state index >= 15 is 0 Å². The van der Waals surface area contributed by atoms with E-state index in [0.717, 1.165) is 5.56 Å². The number of amides is 1. The Hall–Kier alpha value is -3.44. The number of halogens is 1. The number of hydrogen-bond acceptors (Lipinski definition) is 9. The molecule has 5 rings (SSSR count). The number of hydrogen-bond donors (Lipinski definition) is 1. The third-order valence-corrected chi connectivity index (χ3v) is 8.99. The van der Waals surface area contributed by atoms with Crippen molar-refractivity contribution in [3.63, 3.8) is 0 Å². The number of aliphatic hydroxyl groups excluding tert-OH is 1. The monoisotopic (exact) mass is 581 g/mol. The third-order valence-electron chi connectivity index (χ3n) is 5.65. The van der Waals surface area contributed by atoms with Crippen LogP contribution in [0, 0.1) is 0 Å². The van der Waals surface area contributed by atoms with E-state index in [1.54, 1.807) is 47.9 Å². The summed E-state index contributed by atoms with van der Waals surface area (Å²) >= 11 is 10.1. The van der Waals surface area contributed by atoms with E-state index in [-0.39, 0.29) is 10.7 Å². The topological polar surface area (TPSA) is 92.6 Å². The zero-order chi connectivity index (χ0) is 26.6. The van der Waals surface area contributed by atoms with Crippen LogP contribution in [0.3, 0.4) is 0 Å². The minimum Gasteiger partial charge on any atom is -0.503 e. The van der Waals surface area contributed by atoms with Gasteiger partial charge in [0.05, 0.1) is 16.5 Å². The van der Waals surface area contributed by atoms with Crippen molar-refractivity contribution in [2.45, 2.75) is 16.1 Å². The molecule has 11 heteroatoms. The molecule has 1 aliphatic rings. The Morgan fingerprint density at radius 2 is 2.03 bits per heavy atom. The number of Topliss-reactive ketones (excluding diaryl/α,β-unsaturated/α-hetero) is 1. The van der Waals surface area contributed by atoms with Gasteiger partial charge in [0.1, 0.15) is 12.4 Å². The maximum atomic E-state index is 13.5. The first-order valence-corrected chi connectivity index (χ1v) is 14.4. The Morgan fingerprint density at radius 3 is 2.79 bits per heavy atom. The molecule has 1 amide bonds. The molecule has 3 heterocycles. The third kappa shape index (κ3) is 5.25. The second-order valence-corrected chi connectivity index (χ2v) is 11.6. The number of carbonyl (C=O) groups excluding carboxylic acids is 2. The molecule has 0 radical (unpaired) electrons. The summed E-state index contributed by atoms with van der Waals surface area (Å²) in [6.07, 6.45) is 1.62. The van der Waals surface area contributed by atoms with Crippen molar-refractivity contribution in [2.24, 2.45) is 0 Å². The molecule has 7 nitrogen and oxygen atoms in total. The molecule has 38 heavy (non-hydrogen) atoms. The molecular formula is C27H20ClN3O4S3. The summed E-state index contributed by atoms with van der Waals surface area (Å²) in [7, 11) is 0. The van der Waals surface area contributed by atoms with Gasteiger partial charge in [-0.25, -0.2) is 0 Å². The van der Waals surface area contributed by atoms with Gasteiger partial charge in [0.2, 0.25) is 10.9 Å². The highest BCUT2D eigenvalue weighted by molar-refractivity contribution is 8.00. The van der Waals surface area contributed by atoms with Gasteiger partial charge in [-0.3, -0.25) is 14.5 Å². The standard InChI is InChI=1S/C27H20ClN3O4S3/c1-2-12-35-18-9-5-8-16(14-18)22-21(23(32)20-11-6-13-36-20)24(33)25(34)31(22)26-29-30-27(38-26)37-15-17-7-3-4-10-19(17)28/h2-11,13-14,22,33H,1,12,15H2. The zero-order valence-electron chi connectivity index (χ0n) is 19.7. The highest BCUT2D eigenvalue weighted by Crippen LogP contribution is 2.44. The average molecular weight is 582 g/mol. The maximum Gasteiger partial charge on any atom is 0.296 e. The SMILES string of the molecule is C=CCOc1cccc(C2C(C(=O)c3cccs3)=C(O)C(=O)N2c2nnc(SCc3ccccc3Cl)s2)c1. The lowest BCUT2D eigenvalue weighted by Crippen LogP contribution is -2.31. The van der Waals surface area contributed by atoms with E-state index < -0.39 is 23.5 Å². The van der Waals surface area contributed by atoms with Gasteiger partial charge < -0.3 is 9.84 Å². The summed E-state index contributed by atoms with van der Waals surface area (Å²) in [6, 6.07) is 17.1. The van der Waals surface area contributed by atoms with Crippen LogP contribution in [0.25, 0.3) is 0 Å². The van der Waals surface area contributed by atoms with Crippen molar-refractivity contribution in [2.75, 3.05) is 11.5 Å². The number of thioether (sulfide) groups is 1. The molecule has 1 atom stereocenters. The van der Waals surface area contributed by atoms with E-state index in [9.17, 15) is 14.7 Å². The van der Waals surface area contributed by atoms with E-state index in [1.807, 2.05) is 24.3 Å². The summed E-state index contributed by atoms with van der Waals surface area (Å²) in [4.78, 5) is 28.6. The van der Waals surface area contributed by atoms with Crippen molar-refractivity contribution in [1.82, 2.24) is 10.2 Å². The fourth-order valence-corrected chi connectivity index (χ4v) is 6.76. The van der Waals surface area contributed by atoms with Crippen molar-refractivity contribution >= 4 is 62.9 Å². The summed E-state index contributed by atoms with van der Waals surface area (Å²) < 4.78 is 6.30. The molecule has 192 valence electrons. The normalized spacial score (nSPS) is 15.2. The van der Waals surface area contributed by atoms with Crippen molar-refractivity contribution in [3.8, 4) is 5.75 Å². The minimum atomic E-state index is -0.918. The number of rotatable bonds is 10. The van der Waals surface area contributed by atoms with Gasteiger partial charge in [-0.05, 0) is 40.8 Å². The molecule has 1 aliphatic heterocycles. The van der Waals surface area contributed by atoms with Gasteiger partial charge in [-0.2, -0.15) is 0 Å². The molecule has 0 fully saturated rings. The molecule has 0 aliphatic carbocycles. The quantitative estimate of drug-likeness (QED) is 0.0943. The lowest BCUT2D eigenvalue weighted by atomic mass is 9.95. The first-order chi connectivity index (χ1) is 18.5. The minimum absolute atomic E-state index is 0.0150. The van der Waals surface area contributed by atoms with Gasteiger partial charge in [0, 0.05) is 10.8 Å². The number of nitrogens with zero attached hydrogens (tertiary/aromatic N) is 3. The summed E-state index contributed by atoms with van der Waals surface area (Å²) in [5.41, 5.74) is 1.52. The second kappa shape index (κ2) is 11.5. The fourth-order valence-electron chi connectivity index (χ4n) is 3.93. The molecule has 2 aromatic heterocycles. The highest BCUT2D eigenvalue weighted by Gasteiger charge is 2.46. The fraction of sp³-hybridized carbons (Fsp3) is 0.111. The van der Waals surface area contributed by atoms with Crippen LogP contribution in [0.4, 0.5) is 5.13 Å². The number of anilines is 1. The number of carbonyl (C=O) groups is 2. The number of ketones is 1. The molecule has 0 saturated carbocycles. The van der Waals surface area contributed by atoms with Crippen LogP contribution >= 0.6 is 46.0 Å². The predicted molar refractivity (Wildman–Crippen MR) is 152 cm³/mol. The van der Waals surface area contributed by atoms with Crippen molar-refractivity contribution < 1.29 is 19.4 Å². The van der Waals surface area contributed by atoms with Crippen LogP contribution < -0.4 is 9.64 Å². The summed E-state index contributed by atoms with van der Waals surface area (Å²) in [6.45, 7) is 3.96. The van der Waals surface area contributed by atoms with E-state index in [1.165, 1.54) is 39.3 Å². The Morgan fingerprint density at radius 1 is 1.18 bits per heavy atom. The molecule has 0 spiro atoms. The van der Waals surface area contributed by atoms with Gasteiger partial charge in [-0.1, -0.05) is 83.8 Å². The molecule has 4 aromatic rings. The first kappa shape index (κ1) is 26.2. The Balaban J connectivity index is 1.50. The van der Waals surface area contributed by atoms with Gasteiger partial charge in [0.15, 0.2) is 10.1 Å². The zero-order valence-corrected chi connectivity index (χ0v) is 22.9. The molecule has 1 N–H and O–H groups in total. The number of aliphatic hydroxyl groups is 1. The lowest BCUT2D eigenvalue weighted by molar-refractivity contribution is -0.117. The predicted octanol–water partition coefficient (Wildman–Crippen LogP) is 6.89. The van der Waals surface area contributed by atoms with Crippen LogP contribution in [-0.2, 0) is 10.5 Å². The number of benzene rings is 2. The summed E-state index contributed by atoms with van der Waals surface area (Å²) in [5.74, 6) is -0.636. The Bertz CT molecular complexity index is 1530. The first-order valence-electron chi connectivity index (χ1n) is 11.4. The van der Waals surface area contributed by atoms with Crippen LogP contribution in [-0.4, -0.2) is 33.6 Å². The molecule has 2 aromatic carbocycles. The van der Waals surface area contributed by atoms with Crippen LogP contribution in [0.2, 0.25) is 5.02 Å². The number of ether oxygens (including phenoxy) is 1. The Labute approximate surface area is 236 Å². The largest absolute Gasteiger partial charge is 0.503 e. The van der Waals surface area contributed by atoms with E-state index in [0.29, 0.717) is 37.9 Å². The lowest BCUT2D eigenvalue weighted by Gasteiger charge is -2.24. The highest BCUT2D eigenvalue weighted by atomic mass is 35.5. The second-order valence-electron chi connectivity index (χ2n) is 8.05. The van der Waals surface area contributed by atoms with Crippen LogP contribution in [0.15, 0.2) is 94.4 Å². The van der Waals surface area contributed by atoms with E-state index in [2.05, 4.69) is 16.8 Å². The summed E-state index contributed by atoms with van der Waals surface area (Å²) in [5, 5.41) is 22.1. The Kier molecular flexibility index (Phi) is 7.94. The molecule has 0 bridgehead atoms. The van der Waals surface area contributed by atoms with Crippen molar-refractivity contribution in [3.05, 3.63) is 111 Å². The van der Waals surface area contributed by atoms with Crippen molar-refractivity contribution in [1.29, 1.82) is 0 Å². The van der Waals surface area contributed by atoms with E-state index in [4.69, 9.17) is 16.3 Å². The van der Waals surface area contributed by atoms with Gasteiger partial charge in [0.25, 0.3) is 5.91 Å². The number of aromatic nitrogens is 2. The molecular weight excluding hydrogens is 562 g/mol. The molecule has 0 saturated heterocycles. The maximum absolute atomic E-state index is 13.5. The van der Waals surface area contributed by atoms with Gasteiger partial charge >= 0.3 is 0 Å². The molecule has 1 unspecified atom stereocenters. The van der Waals surface area contributed by atoms with Crippen LogP contribution in [0.1, 0.15) is 26.8 Å². The average Bonchev–Trinajstić information content (AvgIpc) is 3.68. The smallest absolute Gasteiger partial charge is 0.296 e. The number of thiophene rings is 1.